The van der Waals surface area contributed by atoms with Crippen LogP contribution in [0.3, 0.4) is 0 Å². The molecule has 3 rings (SSSR count). The van der Waals surface area contributed by atoms with Crippen LogP contribution in [0.5, 0.6) is 0 Å². The Kier molecular flexibility index (Phi) is 5.32. The first-order chi connectivity index (χ1) is 11.6. The van der Waals surface area contributed by atoms with Gasteiger partial charge in [0.1, 0.15) is 0 Å². The van der Waals surface area contributed by atoms with Gasteiger partial charge in [0.2, 0.25) is 5.91 Å². The van der Waals surface area contributed by atoms with E-state index in [1.807, 2.05) is 54.3 Å². The number of thiophene rings is 1. The molecule has 0 aliphatic carbocycles. The first-order valence-corrected chi connectivity index (χ1v) is 9.38. The number of amides is 1. The molecule has 0 aliphatic heterocycles. The molecular weight excluding hydrogens is 340 g/mol. The molecule has 0 saturated heterocycles. The van der Waals surface area contributed by atoms with E-state index in [2.05, 4.69) is 21.6 Å². The van der Waals surface area contributed by atoms with Crippen LogP contribution in [0.1, 0.15) is 10.4 Å². The standard InChI is InChI=1S/C17H18N4OS2/c1-12-5-3-6-13(9-12)16-19-20-17(21(16)2)24-11-15(22)18-10-14-7-4-8-23-14/h3-9H,10-11H2,1-2H3,(H,18,22). The second-order valence-electron chi connectivity index (χ2n) is 5.38. The molecule has 0 atom stereocenters. The minimum Gasteiger partial charge on any atom is -0.350 e. The Labute approximate surface area is 149 Å². The molecule has 1 N–H and O–H groups in total. The SMILES string of the molecule is Cc1cccc(-c2nnc(SCC(=O)NCc3cccs3)n2C)c1. The second-order valence-corrected chi connectivity index (χ2v) is 7.35. The van der Waals surface area contributed by atoms with Gasteiger partial charge in [-0.15, -0.1) is 21.5 Å². The Balaban J connectivity index is 1.59. The van der Waals surface area contributed by atoms with E-state index in [1.165, 1.54) is 17.3 Å². The molecule has 3 aromatic rings. The van der Waals surface area contributed by atoms with Crippen LogP contribution in [-0.4, -0.2) is 26.4 Å². The van der Waals surface area contributed by atoms with Gasteiger partial charge in [-0.3, -0.25) is 4.79 Å². The largest absolute Gasteiger partial charge is 0.350 e. The molecule has 0 fully saturated rings. The lowest BCUT2D eigenvalue weighted by Gasteiger charge is -2.05. The zero-order chi connectivity index (χ0) is 16.9. The average molecular weight is 358 g/mol. The van der Waals surface area contributed by atoms with Crippen LogP contribution in [0.2, 0.25) is 0 Å². The van der Waals surface area contributed by atoms with Crippen LogP contribution in [0, 0.1) is 6.92 Å². The van der Waals surface area contributed by atoms with E-state index in [0.717, 1.165) is 21.4 Å². The molecule has 0 saturated carbocycles. The third-order valence-electron chi connectivity index (χ3n) is 3.48. The lowest BCUT2D eigenvalue weighted by atomic mass is 10.1. The zero-order valence-electron chi connectivity index (χ0n) is 13.5. The summed E-state index contributed by atoms with van der Waals surface area (Å²) < 4.78 is 1.92. The van der Waals surface area contributed by atoms with Gasteiger partial charge in [-0.1, -0.05) is 41.6 Å². The number of nitrogens with zero attached hydrogens (tertiary/aromatic N) is 3. The van der Waals surface area contributed by atoms with Crippen LogP contribution in [0.15, 0.2) is 46.9 Å². The van der Waals surface area contributed by atoms with Gasteiger partial charge in [-0.25, -0.2) is 0 Å². The third kappa shape index (κ3) is 4.04. The Hall–Kier alpha value is -2.12. The Morgan fingerprint density at radius 1 is 1.29 bits per heavy atom. The minimum atomic E-state index is -0.00601. The fourth-order valence-electron chi connectivity index (χ4n) is 2.26. The van der Waals surface area contributed by atoms with Crippen LogP contribution in [0.4, 0.5) is 0 Å². The summed E-state index contributed by atoms with van der Waals surface area (Å²) in [6.07, 6.45) is 0. The highest BCUT2D eigenvalue weighted by Crippen LogP contribution is 2.23. The number of rotatable bonds is 6. The predicted octanol–water partition coefficient (Wildman–Crippen LogP) is 3.26. The quantitative estimate of drug-likeness (QED) is 0.687. The third-order valence-corrected chi connectivity index (χ3v) is 5.38. The lowest BCUT2D eigenvalue weighted by molar-refractivity contribution is -0.118. The normalized spacial score (nSPS) is 10.8. The van der Waals surface area contributed by atoms with Gasteiger partial charge in [-0.05, 0) is 24.4 Å². The highest BCUT2D eigenvalue weighted by Gasteiger charge is 2.13. The summed E-state index contributed by atoms with van der Waals surface area (Å²) in [6, 6.07) is 12.1. The molecule has 5 nitrogen and oxygen atoms in total. The first kappa shape index (κ1) is 16.7. The van der Waals surface area contributed by atoms with Gasteiger partial charge in [0, 0.05) is 17.5 Å². The zero-order valence-corrected chi connectivity index (χ0v) is 15.2. The second kappa shape index (κ2) is 7.63. The summed E-state index contributed by atoms with van der Waals surface area (Å²) in [5.74, 6) is 1.12. The highest BCUT2D eigenvalue weighted by atomic mass is 32.2. The molecule has 0 unspecified atom stereocenters. The summed E-state index contributed by atoms with van der Waals surface area (Å²) in [4.78, 5) is 13.1. The van der Waals surface area contributed by atoms with Crippen molar-refractivity contribution in [2.45, 2.75) is 18.6 Å². The Morgan fingerprint density at radius 2 is 2.17 bits per heavy atom. The number of thioether (sulfide) groups is 1. The molecule has 0 spiro atoms. The number of carbonyl (C=O) groups excluding carboxylic acids is 1. The van der Waals surface area contributed by atoms with Gasteiger partial charge in [0.05, 0.1) is 12.3 Å². The minimum absolute atomic E-state index is 0.00601. The number of aryl methyl sites for hydroxylation is 1. The van der Waals surface area contributed by atoms with Crippen molar-refractivity contribution in [3.05, 3.63) is 52.2 Å². The summed E-state index contributed by atoms with van der Waals surface area (Å²) in [5, 5.41) is 14.1. The fraction of sp³-hybridized carbons (Fsp3) is 0.235. The molecule has 124 valence electrons. The molecule has 7 heteroatoms. The smallest absolute Gasteiger partial charge is 0.230 e. The summed E-state index contributed by atoms with van der Waals surface area (Å²) in [6.45, 7) is 2.62. The van der Waals surface area contributed by atoms with Crippen molar-refractivity contribution >= 4 is 29.0 Å². The average Bonchev–Trinajstić information content (AvgIpc) is 3.21. The number of hydrogen-bond donors (Lipinski definition) is 1. The van der Waals surface area contributed by atoms with Crippen molar-refractivity contribution in [2.75, 3.05) is 5.75 Å². The van der Waals surface area contributed by atoms with E-state index in [-0.39, 0.29) is 5.91 Å². The van der Waals surface area contributed by atoms with Crippen molar-refractivity contribution in [1.29, 1.82) is 0 Å². The van der Waals surface area contributed by atoms with E-state index < -0.39 is 0 Å². The van der Waals surface area contributed by atoms with Gasteiger partial charge >= 0.3 is 0 Å². The molecule has 0 bridgehead atoms. The predicted molar refractivity (Wildman–Crippen MR) is 98.1 cm³/mol. The van der Waals surface area contributed by atoms with E-state index in [0.29, 0.717) is 12.3 Å². The number of nitrogens with one attached hydrogen (secondary N) is 1. The van der Waals surface area contributed by atoms with Crippen molar-refractivity contribution in [3.63, 3.8) is 0 Å². The summed E-state index contributed by atoms with van der Waals surface area (Å²) in [7, 11) is 1.92. The topological polar surface area (TPSA) is 59.8 Å². The van der Waals surface area contributed by atoms with E-state index >= 15 is 0 Å². The molecule has 1 amide bonds. The Bertz CT molecular complexity index is 827. The Morgan fingerprint density at radius 3 is 2.92 bits per heavy atom. The maximum absolute atomic E-state index is 12.0. The fourth-order valence-corrected chi connectivity index (χ4v) is 3.64. The molecule has 24 heavy (non-hydrogen) atoms. The first-order valence-electron chi connectivity index (χ1n) is 7.52. The van der Waals surface area contributed by atoms with E-state index in [9.17, 15) is 4.79 Å². The maximum Gasteiger partial charge on any atom is 0.230 e. The van der Waals surface area contributed by atoms with E-state index in [1.54, 1.807) is 11.3 Å². The maximum atomic E-state index is 12.0. The number of hydrogen-bond acceptors (Lipinski definition) is 5. The van der Waals surface area contributed by atoms with Crippen LogP contribution in [-0.2, 0) is 18.4 Å². The monoisotopic (exact) mass is 358 g/mol. The highest BCUT2D eigenvalue weighted by molar-refractivity contribution is 7.99. The van der Waals surface area contributed by atoms with Crippen LogP contribution >= 0.6 is 23.1 Å². The molecule has 2 heterocycles. The van der Waals surface area contributed by atoms with Crippen molar-refractivity contribution < 1.29 is 4.79 Å². The lowest BCUT2D eigenvalue weighted by Crippen LogP contribution is -2.24. The van der Waals surface area contributed by atoms with Crippen LogP contribution < -0.4 is 5.32 Å². The molecule has 0 radical (unpaired) electrons. The van der Waals surface area contributed by atoms with E-state index in [4.69, 9.17) is 0 Å². The number of benzene rings is 1. The van der Waals surface area contributed by atoms with Gasteiger partial charge in [0.25, 0.3) is 0 Å². The molecule has 2 aromatic heterocycles. The van der Waals surface area contributed by atoms with Crippen molar-refractivity contribution in [2.24, 2.45) is 7.05 Å². The van der Waals surface area contributed by atoms with Gasteiger partial charge in [0.15, 0.2) is 11.0 Å². The van der Waals surface area contributed by atoms with Gasteiger partial charge < -0.3 is 9.88 Å². The van der Waals surface area contributed by atoms with Crippen molar-refractivity contribution in [1.82, 2.24) is 20.1 Å². The number of aromatic nitrogens is 3. The van der Waals surface area contributed by atoms with Crippen LogP contribution in [0.25, 0.3) is 11.4 Å². The molecule has 0 aliphatic rings. The molecular formula is C17H18N4OS2. The van der Waals surface area contributed by atoms with Gasteiger partial charge in [-0.2, -0.15) is 0 Å². The summed E-state index contributed by atoms with van der Waals surface area (Å²) in [5.41, 5.74) is 2.21. The number of carbonyl (C=O) groups is 1. The molecule has 1 aromatic carbocycles. The van der Waals surface area contributed by atoms with Crippen molar-refractivity contribution in [3.8, 4) is 11.4 Å². The summed E-state index contributed by atoms with van der Waals surface area (Å²) >= 11 is 3.03.